The monoisotopic (exact) mass is 560 g/mol. The Morgan fingerprint density at radius 3 is 2.48 bits per heavy atom. The number of benzene rings is 1. The van der Waals surface area contributed by atoms with E-state index in [2.05, 4.69) is 16.5 Å². The van der Waals surface area contributed by atoms with Gasteiger partial charge in [0.2, 0.25) is 5.91 Å². The zero-order valence-electron chi connectivity index (χ0n) is 22.7. The highest BCUT2D eigenvalue weighted by Gasteiger charge is 2.30. The van der Waals surface area contributed by atoms with E-state index < -0.39 is 11.5 Å². The number of pyridine rings is 2. The zero-order valence-corrected chi connectivity index (χ0v) is 23.5. The Morgan fingerprint density at radius 2 is 1.85 bits per heavy atom. The summed E-state index contributed by atoms with van der Waals surface area (Å²) in [6, 6.07) is 7.83. The average molecular weight is 561 g/mol. The molecule has 10 heteroatoms. The molecule has 0 unspecified atom stereocenters. The molecule has 0 N–H and O–H groups in total. The van der Waals surface area contributed by atoms with Gasteiger partial charge in [0.05, 0.1) is 21.8 Å². The number of aromatic nitrogens is 4. The molecular weight excluding hydrogens is 531 g/mol. The number of nitrogens with zero attached hydrogens (tertiary/aromatic N) is 6. The van der Waals surface area contributed by atoms with Crippen LogP contribution in [0.1, 0.15) is 31.9 Å². The molecule has 206 valence electrons. The molecule has 0 saturated carbocycles. The van der Waals surface area contributed by atoms with Crippen LogP contribution >= 0.6 is 11.6 Å². The molecule has 1 saturated heterocycles. The number of fused-ring (bicyclic) bond motifs is 1. The van der Waals surface area contributed by atoms with Gasteiger partial charge in [-0.2, -0.15) is 4.98 Å². The molecule has 1 aliphatic rings. The van der Waals surface area contributed by atoms with E-state index in [9.17, 15) is 14.0 Å². The van der Waals surface area contributed by atoms with Gasteiger partial charge < -0.3 is 9.80 Å². The first-order valence-corrected chi connectivity index (χ1v) is 13.7. The molecule has 1 aromatic carbocycles. The van der Waals surface area contributed by atoms with E-state index >= 15 is 0 Å². The minimum absolute atomic E-state index is 0.143. The molecule has 8 nitrogen and oxygen atoms in total. The summed E-state index contributed by atoms with van der Waals surface area (Å²) < 4.78 is 16.4. The highest BCUT2D eigenvalue weighted by Crippen LogP contribution is 2.35. The van der Waals surface area contributed by atoms with Crippen LogP contribution in [0, 0.1) is 5.82 Å². The van der Waals surface area contributed by atoms with Gasteiger partial charge in [-0.1, -0.05) is 44.2 Å². The number of hydrogen-bond donors (Lipinski definition) is 0. The number of amides is 1. The third-order valence-electron chi connectivity index (χ3n) is 7.37. The Bertz CT molecular complexity index is 1670. The fraction of sp³-hybridized carbons (Fsp3) is 0.300. The van der Waals surface area contributed by atoms with Crippen LogP contribution in [-0.2, 0) is 17.6 Å². The molecule has 1 amide bonds. The van der Waals surface area contributed by atoms with Crippen molar-refractivity contribution in [1.29, 1.82) is 0 Å². The van der Waals surface area contributed by atoms with Crippen molar-refractivity contribution in [2.24, 2.45) is 0 Å². The van der Waals surface area contributed by atoms with E-state index in [1.165, 1.54) is 16.7 Å². The Balaban J connectivity index is 1.81. The molecule has 4 heterocycles. The summed E-state index contributed by atoms with van der Waals surface area (Å²) in [5.41, 5.74) is 2.69. The smallest absolute Gasteiger partial charge is 0.350 e. The lowest BCUT2D eigenvalue weighted by atomic mass is 10.1. The molecule has 1 atom stereocenters. The predicted octanol–water partition coefficient (Wildman–Crippen LogP) is 4.98. The number of piperazine rings is 1. The quantitative estimate of drug-likeness (QED) is 0.309. The van der Waals surface area contributed by atoms with Crippen LogP contribution < -0.4 is 10.6 Å². The molecule has 0 radical (unpaired) electrons. The third-order valence-corrected chi connectivity index (χ3v) is 7.66. The molecule has 5 rings (SSSR count). The number of hydrogen-bond acceptors (Lipinski definition) is 6. The van der Waals surface area contributed by atoms with Crippen LogP contribution in [0.15, 0.2) is 60.2 Å². The molecule has 1 aliphatic heterocycles. The largest absolute Gasteiger partial charge is 0.355 e. The zero-order chi connectivity index (χ0) is 28.6. The van der Waals surface area contributed by atoms with Crippen molar-refractivity contribution in [1.82, 2.24) is 24.4 Å². The number of carbonyl (C=O) groups is 1. The second-order valence-corrected chi connectivity index (χ2v) is 10.2. The molecule has 0 bridgehead atoms. The highest BCUT2D eigenvalue weighted by molar-refractivity contribution is 6.33. The fourth-order valence-corrected chi connectivity index (χ4v) is 5.57. The van der Waals surface area contributed by atoms with E-state index in [1.54, 1.807) is 41.6 Å². The second-order valence-electron chi connectivity index (χ2n) is 9.77. The number of halogens is 2. The van der Waals surface area contributed by atoms with Crippen LogP contribution in [0.4, 0.5) is 10.2 Å². The molecule has 4 aromatic rings. The second kappa shape index (κ2) is 11.2. The maximum Gasteiger partial charge on any atom is 0.355 e. The van der Waals surface area contributed by atoms with Crippen molar-refractivity contribution >= 4 is 34.4 Å². The first-order chi connectivity index (χ1) is 19.3. The van der Waals surface area contributed by atoms with Crippen LogP contribution in [0.2, 0.25) is 5.02 Å². The lowest BCUT2D eigenvalue weighted by molar-refractivity contribution is -0.126. The van der Waals surface area contributed by atoms with E-state index in [-0.39, 0.29) is 28.2 Å². The van der Waals surface area contributed by atoms with E-state index in [0.717, 1.165) is 11.1 Å². The molecule has 1 fully saturated rings. The molecule has 0 aliphatic carbocycles. The van der Waals surface area contributed by atoms with E-state index in [1.807, 2.05) is 25.7 Å². The number of aryl methyl sites for hydroxylation is 2. The summed E-state index contributed by atoms with van der Waals surface area (Å²) in [5, 5.41) is 0.793. The number of anilines is 1. The Morgan fingerprint density at radius 1 is 1.15 bits per heavy atom. The first-order valence-electron chi connectivity index (χ1n) is 13.3. The molecular formula is C30H30ClFN6O2. The fourth-order valence-electron chi connectivity index (χ4n) is 5.32. The summed E-state index contributed by atoms with van der Waals surface area (Å²) in [6.45, 7) is 10.9. The molecule has 0 spiro atoms. The summed E-state index contributed by atoms with van der Waals surface area (Å²) in [6.07, 6.45) is 6.06. The Labute approximate surface area is 236 Å². The van der Waals surface area contributed by atoms with Crippen molar-refractivity contribution in [3.63, 3.8) is 0 Å². The van der Waals surface area contributed by atoms with Gasteiger partial charge in [0.25, 0.3) is 0 Å². The van der Waals surface area contributed by atoms with E-state index in [0.29, 0.717) is 55.0 Å². The summed E-state index contributed by atoms with van der Waals surface area (Å²) >= 11 is 6.76. The van der Waals surface area contributed by atoms with Gasteiger partial charge >= 0.3 is 5.69 Å². The van der Waals surface area contributed by atoms with Crippen molar-refractivity contribution < 1.29 is 9.18 Å². The maximum atomic E-state index is 14.9. The van der Waals surface area contributed by atoms with Crippen LogP contribution in [0.3, 0.4) is 0 Å². The lowest BCUT2D eigenvalue weighted by Crippen LogP contribution is -2.54. The first kappa shape index (κ1) is 27.5. The van der Waals surface area contributed by atoms with Gasteiger partial charge in [-0.15, -0.1) is 0 Å². The minimum Gasteiger partial charge on any atom is -0.350 e. The van der Waals surface area contributed by atoms with Gasteiger partial charge in [0.1, 0.15) is 11.6 Å². The maximum absolute atomic E-state index is 14.9. The van der Waals surface area contributed by atoms with Gasteiger partial charge in [0, 0.05) is 43.6 Å². The predicted molar refractivity (Wildman–Crippen MR) is 156 cm³/mol. The van der Waals surface area contributed by atoms with Crippen molar-refractivity contribution in [3.05, 3.63) is 87.8 Å². The van der Waals surface area contributed by atoms with Crippen molar-refractivity contribution in [3.8, 4) is 16.9 Å². The molecule has 40 heavy (non-hydrogen) atoms. The van der Waals surface area contributed by atoms with E-state index in [4.69, 9.17) is 16.6 Å². The van der Waals surface area contributed by atoms with Crippen LogP contribution in [0.25, 0.3) is 28.0 Å². The SMILES string of the molecule is C=CC(=O)N1CCN(c2nc(=O)n(-c3c(CC)cncc3CC)c3nc(-c4ccccc4F)c(Cl)cc23)[C@@H](C)C1. The summed E-state index contributed by atoms with van der Waals surface area (Å²) in [5.74, 6) is -0.187. The van der Waals surface area contributed by atoms with Gasteiger partial charge in [-0.3, -0.25) is 9.78 Å². The summed E-state index contributed by atoms with van der Waals surface area (Å²) in [4.78, 5) is 43.7. The standard InChI is InChI=1S/C30H30ClFN6O2/c1-5-19-15-33-16-20(6-2)27(19)38-29-22(14-23(31)26(34-29)21-10-8-9-11-24(21)32)28(35-30(38)40)37-13-12-36(17-18(37)4)25(39)7-3/h7-11,14-16,18H,3,5-6,12-13,17H2,1-2,4H3/t18-/m0/s1. The number of carbonyl (C=O) groups excluding carboxylic acids is 1. The van der Waals surface area contributed by atoms with Gasteiger partial charge in [-0.25, -0.2) is 18.7 Å². The third kappa shape index (κ3) is 4.75. The Kier molecular flexibility index (Phi) is 7.67. The molecule has 3 aromatic heterocycles. The van der Waals surface area contributed by atoms with Crippen LogP contribution in [0.5, 0.6) is 0 Å². The highest BCUT2D eigenvalue weighted by atomic mass is 35.5. The summed E-state index contributed by atoms with van der Waals surface area (Å²) in [7, 11) is 0. The van der Waals surface area contributed by atoms with Crippen molar-refractivity contribution in [2.45, 2.75) is 39.7 Å². The van der Waals surface area contributed by atoms with Gasteiger partial charge in [0.15, 0.2) is 5.65 Å². The lowest BCUT2D eigenvalue weighted by Gasteiger charge is -2.40. The average Bonchev–Trinajstić information content (AvgIpc) is 2.96. The normalized spacial score (nSPS) is 15.5. The van der Waals surface area contributed by atoms with Crippen LogP contribution in [-0.4, -0.2) is 56.0 Å². The van der Waals surface area contributed by atoms with Gasteiger partial charge in [-0.05, 0) is 55.2 Å². The van der Waals surface area contributed by atoms with Crippen molar-refractivity contribution in [2.75, 3.05) is 24.5 Å². The number of rotatable bonds is 6. The topological polar surface area (TPSA) is 84.2 Å². The Hall–Kier alpha value is -4.11. The minimum atomic E-state index is -0.510.